The van der Waals surface area contributed by atoms with Gasteiger partial charge in [-0.25, -0.2) is 9.97 Å². The van der Waals surface area contributed by atoms with E-state index in [4.69, 9.17) is 5.73 Å². The van der Waals surface area contributed by atoms with E-state index in [9.17, 15) is 5.11 Å². The van der Waals surface area contributed by atoms with Crippen LogP contribution in [-0.4, -0.2) is 61.4 Å². The number of aliphatic hydroxyl groups is 1. The topological polar surface area (TPSA) is 104 Å². The zero-order valence-electron chi connectivity index (χ0n) is 11.3. The zero-order chi connectivity index (χ0) is 14.1. The Kier molecular flexibility index (Phi) is 3.77. The molecule has 2 aromatic rings. The van der Waals surface area contributed by atoms with Gasteiger partial charge in [-0.3, -0.25) is 10.00 Å². The van der Waals surface area contributed by atoms with Gasteiger partial charge in [0.15, 0.2) is 11.3 Å². The van der Waals surface area contributed by atoms with Crippen LogP contribution < -0.4 is 5.73 Å². The molecular formula is C12H18N6OS. The Morgan fingerprint density at radius 2 is 2.30 bits per heavy atom. The van der Waals surface area contributed by atoms with Crippen LogP contribution >= 0.6 is 11.8 Å². The third-order valence-electron chi connectivity index (χ3n) is 3.68. The molecule has 20 heavy (non-hydrogen) atoms. The van der Waals surface area contributed by atoms with Crippen molar-refractivity contribution >= 4 is 28.6 Å². The van der Waals surface area contributed by atoms with Gasteiger partial charge in [0, 0.05) is 25.6 Å². The van der Waals surface area contributed by atoms with Crippen molar-refractivity contribution in [3.8, 4) is 0 Å². The minimum atomic E-state index is -0.253. The van der Waals surface area contributed by atoms with Gasteiger partial charge in [-0.05, 0) is 12.0 Å². The Labute approximate surface area is 121 Å². The molecule has 7 nitrogen and oxygen atoms in total. The number of likely N-dealkylation sites (tertiary alicyclic amines) is 1. The van der Waals surface area contributed by atoms with Gasteiger partial charge in [0.1, 0.15) is 11.8 Å². The number of anilines is 1. The Morgan fingerprint density at radius 1 is 1.45 bits per heavy atom. The van der Waals surface area contributed by atoms with Gasteiger partial charge in [0.25, 0.3) is 0 Å². The Hall–Kier alpha value is -1.38. The van der Waals surface area contributed by atoms with Crippen molar-refractivity contribution in [3.63, 3.8) is 0 Å². The van der Waals surface area contributed by atoms with Crippen molar-refractivity contribution in [2.24, 2.45) is 5.92 Å². The van der Waals surface area contributed by atoms with E-state index in [1.165, 1.54) is 6.33 Å². The smallest absolute Gasteiger partial charge is 0.155 e. The summed E-state index contributed by atoms with van der Waals surface area (Å²) in [6, 6.07) is 0. The van der Waals surface area contributed by atoms with E-state index in [0.29, 0.717) is 30.3 Å². The maximum absolute atomic E-state index is 10.1. The molecule has 1 aliphatic heterocycles. The molecule has 1 saturated heterocycles. The van der Waals surface area contributed by atoms with Crippen molar-refractivity contribution in [2.75, 3.05) is 30.8 Å². The SMILES string of the molecule is CSC[C@@H]1CN(Cc2[nH]nc3c(N)ncnc23)C[C@H]1O. The first-order valence-corrected chi connectivity index (χ1v) is 7.91. The van der Waals surface area contributed by atoms with Crippen LogP contribution in [0.4, 0.5) is 5.82 Å². The van der Waals surface area contributed by atoms with E-state index in [-0.39, 0.29) is 6.10 Å². The molecule has 4 N–H and O–H groups in total. The number of thioether (sulfide) groups is 1. The summed E-state index contributed by atoms with van der Waals surface area (Å²) in [5, 5.41) is 17.2. The summed E-state index contributed by atoms with van der Waals surface area (Å²) in [5.41, 5.74) is 8.07. The molecule has 0 unspecified atom stereocenters. The first-order valence-electron chi connectivity index (χ1n) is 6.51. The molecule has 1 aliphatic rings. The number of aliphatic hydroxyl groups excluding tert-OH is 1. The van der Waals surface area contributed by atoms with Crippen LogP contribution in [0.1, 0.15) is 5.69 Å². The number of H-pyrrole nitrogens is 1. The van der Waals surface area contributed by atoms with Crippen molar-refractivity contribution < 1.29 is 5.11 Å². The molecule has 3 rings (SSSR count). The average molecular weight is 294 g/mol. The molecule has 0 aromatic carbocycles. The first kappa shape index (κ1) is 13.6. The predicted octanol–water partition coefficient (Wildman–Crippen LogP) is 0.0908. The minimum absolute atomic E-state index is 0.253. The third kappa shape index (κ3) is 2.46. The average Bonchev–Trinajstić information content (AvgIpc) is 2.97. The summed E-state index contributed by atoms with van der Waals surface area (Å²) in [7, 11) is 0. The lowest BCUT2D eigenvalue weighted by Crippen LogP contribution is -2.21. The molecule has 0 spiro atoms. The molecule has 0 aliphatic carbocycles. The monoisotopic (exact) mass is 294 g/mol. The van der Waals surface area contributed by atoms with E-state index in [2.05, 4.69) is 31.3 Å². The summed E-state index contributed by atoms with van der Waals surface area (Å²) in [6.07, 6.45) is 3.26. The Morgan fingerprint density at radius 3 is 3.10 bits per heavy atom. The number of aromatic amines is 1. The summed E-state index contributed by atoms with van der Waals surface area (Å²) < 4.78 is 0. The largest absolute Gasteiger partial charge is 0.391 e. The number of aromatic nitrogens is 4. The highest BCUT2D eigenvalue weighted by Gasteiger charge is 2.31. The number of β-amino-alcohol motifs (C(OH)–C–C–N with tert-alkyl or cyclic N) is 1. The number of rotatable bonds is 4. The van der Waals surface area contributed by atoms with Gasteiger partial charge in [0.05, 0.1) is 11.8 Å². The normalized spacial score (nSPS) is 23.7. The van der Waals surface area contributed by atoms with Gasteiger partial charge in [0.2, 0.25) is 0 Å². The maximum Gasteiger partial charge on any atom is 0.155 e. The summed E-state index contributed by atoms with van der Waals surface area (Å²) in [4.78, 5) is 10.4. The number of hydrogen-bond acceptors (Lipinski definition) is 7. The van der Waals surface area contributed by atoms with Gasteiger partial charge < -0.3 is 10.8 Å². The van der Waals surface area contributed by atoms with Crippen molar-refractivity contribution in [2.45, 2.75) is 12.6 Å². The Bertz CT molecular complexity index is 603. The van der Waals surface area contributed by atoms with Crippen LogP contribution in [0.2, 0.25) is 0 Å². The standard InChI is InChI=1S/C12H18N6OS/c1-20-5-7-2-18(4-9(7)19)3-8-10-11(17-16-8)12(13)15-6-14-10/h6-7,9,19H,2-5H2,1H3,(H,16,17)(H2,13,14,15)/t7-,9+/m0/s1. The minimum Gasteiger partial charge on any atom is -0.391 e. The number of nitrogens with zero attached hydrogens (tertiary/aromatic N) is 4. The molecule has 8 heteroatoms. The van der Waals surface area contributed by atoms with E-state index in [1.807, 2.05) is 0 Å². The number of fused-ring (bicyclic) bond motifs is 1. The van der Waals surface area contributed by atoms with E-state index in [1.54, 1.807) is 11.8 Å². The van der Waals surface area contributed by atoms with Crippen molar-refractivity contribution in [1.82, 2.24) is 25.1 Å². The van der Waals surface area contributed by atoms with E-state index < -0.39 is 0 Å². The van der Waals surface area contributed by atoms with Crippen molar-refractivity contribution in [3.05, 3.63) is 12.0 Å². The summed E-state index contributed by atoms with van der Waals surface area (Å²) in [6.45, 7) is 2.27. The van der Waals surface area contributed by atoms with E-state index >= 15 is 0 Å². The zero-order valence-corrected chi connectivity index (χ0v) is 12.1. The Balaban J connectivity index is 1.76. The number of nitrogen functional groups attached to an aromatic ring is 1. The first-order chi connectivity index (χ1) is 9.69. The summed E-state index contributed by atoms with van der Waals surface area (Å²) >= 11 is 1.77. The lowest BCUT2D eigenvalue weighted by Gasteiger charge is -2.13. The van der Waals surface area contributed by atoms with Gasteiger partial charge in [-0.2, -0.15) is 16.9 Å². The molecule has 2 aromatic heterocycles. The highest BCUT2D eigenvalue weighted by Crippen LogP contribution is 2.24. The number of nitrogens with one attached hydrogen (secondary N) is 1. The van der Waals surface area contributed by atoms with Crippen LogP contribution in [0, 0.1) is 5.92 Å². The maximum atomic E-state index is 10.1. The number of nitrogens with two attached hydrogens (primary N) is 1. The van der Waals surface area contributed by atoms with Crippen LogP contribution in [0.3, 0.4) is 0 Å². The van der Waals surface area contributed by atoms with Crippen LogP contribution in [0.5, 0.6) is 0 Å². The molecule has 2 atom stereocenters. The quantitative estimate of drug-likeness (QED) is 0.734. The third-order valence-corrected chi connectivity index (χ3v) is 4.45. The second-order valence-electron chi connectivity index (χ2n) is 5.14. The molecule has 1 fully saturated rings. The summed E-state index contributed by atoms with van der Waals surface area (Å²) in [5.74, 6) is 1.70. The fourth-order valence-electron chi connectivity index (χ4n) is 2.68. The fourth-order valence-corrected chi connectivity index (χ4v) is 3.44. The van der Waals surface area contributed by atoms with Crippen LogP contribution in [0.15, 0.2) is 6.33 Å². The molecule has 108 valence electrons. The lowest BCUT2D eigenvalue weighted by atomic mass is 10.1. The molecule has 0 amide bonds. The molecule has 0 bridgehead atoms. The highest BCUT2D eigenvalue weighted by molar-refractivity contribution is 7.98. The molecule has 3 heterocycles. The molecule has 0 saturated carbocycles. The van der Waals surface area contributed by atoms with Crippen LogP contribution in [-0.2, 0) is 6.54 Å². The second kappa shape index (κ2) is 5.55. The second-order valence-corrected chi connectivity index (χ2v) is 6.05. The van der Waals surface area contributed by atoms with Crippen LogP contribution in [0.25, 0.3) is 11.0 Å². The molecule has 0 radical (unpaired) electrons. The fraction of sp³-hybridized carbons (Fsp3) is 0.583. The number of hydrogen-bond donors (Lipinski definition) is 3. The molecular weight excluding hydrogens is 276 g/mol. The lowest BCUT2D eigenvalue weighted by molar-refractivity contribution is 0.149. The van der Waals surface area contributed by atoms with Gasteiger partial charge in [-0.15, -0.1) is 0 Å². The predicted molar refractivity (Wildman–Crippen MR) is 79.3 cm³/mol. The van der Waals surface area contributed by atoms with Gasteiger partial charge in [-0.1, -0.05) is 0 Å². The van der Waals surface area contributed by atoms with Crippen molar-refractivity contribution in [1.29, 1.82) is 0 Å². The van der Waals surface area contributed by atoms with E-state index in [0.717, 1.165) is 23.5 Å². The highest BCUT2D eigenvalue weighted by atomic mass is 32.2. The van der Waals surface area contributed by atoms with Gasteiger partial charge >= 0.3 is 0 Å².